The highest BCUT2D eigenvalue weighted by molar-refractivity contribution is 6.07. The monoisotopic (exact) mass is 322 g/mol. The SMILES string of the molecule is C[C@@]1(C2CC2)NC(=O)N(C[C@H](O)COc2ccccc2F)C1=O. The molecule has 0 unspecified atom stereocenters. The molecule has 3 rings (SSSR count). The molecule has 2 fully saturated rings. The molecule has 1 saturated heterocycles. The maximum Gasteiger partial charge on any atom is 0.325 e. The van der Waals surface area contributed by atoms with Crippen LogP contribution in [0.1, 0.15) is 19.8 Å². The minimum absolute atomic E-state index is 0.0200. The smallest absolute Gasteiger partial charge is 0.325 e. The van der Waals surface area contributed by atoms with Gasteiger partial charge in [-0.05, 0) is 37.8 Å². The summed E-state index contributed by atoms with van der Waals surface area (Å²) in [6, 6.07) is 5.34. The number of imide groups is 1. The molecule has 3 amide bonds. The quantitative estimate of drug-likeness (QED) is 0.774. The number of carbonyl (C=O) groups excluding carboxylic acids is 2. The molecule has 0 bridgehead atoms. The average molecular weight is 322 g/mol. The maximum absolute atomic E-state index is 13.4. The van der Waals surface area contributed by atoms with Crippen molar-refractivity contribution in [3.05, 3.63) is 30.1 Å². The van der Waals surface area contributed by atoms with Crippen LogP contribution in [0.5, 0.6) is 5.75 Å². The molecular formula is C16H19FN2O4. The van der Waals surface area contributed by atoms with E-state index in [1.165, 1.54) is 18.2 Å². The zero-order chi connectivity index (χ0) is 16.6. The van der Waals surface area contributed by atoms with E-state index in [4.69, 9.17) is 4.74 Å². The van der Waals surface area contributed by atoms with Crippen molar-refractivity contribution in [3.8, 4) is 5.75 Å². The minimum atomic E-state index is -1.09. The Morgan fingerprint density at radius 1 is 1.43 bits per heavy atom. The fourth-order valence-corrected chi connectivity index (χ4v) is 2.83. The molecule has 1 heterocycles. The number of amides is 3. The third-order valence-corrected chi connectivity index (χ3v) is 4.36. The van der Waals surface area contributed by atoms with Crippen LogP contribution in [0.25, 0.3) is 0 Å². The molecule has 23 heavy (non-hydrogen) atoms. The molecule has 0 aromatic heterocycles. The van der Waals surface area contributed by atoms with E-state index in [0.717, 1.165) is 17.7 Å². The van der Waals surface area contributed by atoms with Crippen LogP contribution < -0.4 is 10.1 Å². The van der Waals surface area contributed by atoms with Gasteiger partial charge in [-0.3, -0.25) is 9.69 Å². The van der Waals surface area contributed by atoms with Crippen LogP contribution in [0.3, 0.4) is 0 Å². The molecule has 0 spiro atoms. The van der Waals surface area contributed by atoms with Crippen LogP contribution in [0.4, 0.5) is 9.18 Å². The lowest BCUT2D eigenvalue weighted by atomic mass is 9.96. The number of aliphatic hydroxyl groups excluding tert-OH is 1. The molecule has 0 radical (unpaired) electrons. The van der Waals surface area contributed by atoms with E-state index in [-0.39, 0.29) is 30.7 Å². The molecule has 1 aliphatic heterocycles. The van der Waals surface area contributed by atoms with Gasteiger partial charge in [0.05, 0.1) is 6.54 Å². The summed E-state index contributed by atoms with van der Waals surface area (Å²) in [7, 11) is 0. The number of para-hydroxylation sites is 1. The first kappa shape index (κ1) is 15.7. The van der Waals surface area contributed by atoms with E-state index in [1.54, 1.807) is 13.0 Å². The van der Waals surface area contributed by atoms with Crippen LogP contribution in [0.2, 0.25) is 0 Å². The summed E-state index contributed by atoms with van der Waals surface area (Å²) in [5.41, 5.74) is -0.872. The number of halogens is 1. The Balaban J connectivity index is 1.57. The highest BCUT2D eigenvalue weighted by atomic mass is 19.1. The van der Waals surface area contributed by atoms with Crippen molar-refractivity contribution in [1.82, 2.24) is 10.2 Å². The van der Waals surface area contributed by atoms with E-state index >= 15 is 0 Å². The van der Waals surface area contributed by atoms with Gasteiger partial charge < -0.3 is 15.2 Å². The van der Waals surface area contributed by atoms with E-state index in [0.29, 0.717) is 0 Å². The van der Waals surface area contributed by atoms with Crippen molar-refractivity contribution in [2.45, 2.75) is 31.4 Å². The van der Waals surface area contributed by atoms with Crippen LogP contribution in [0, 0.1) is 11.7 Å². The van der Waals surface area contributed by atoms with Crippen molar-refractivity contribution < 1.29 is 23.8 Å². The first-order valence-electron chi connectivity index (χ1n) is 7.61. The summed E-state index contributed by atoms with van der Waals surface area (Å²) < 4.78 is 18.6. The van der Waals surface area contributed by atoms with Crippen LogP contribution >= 0.6 is 0 Å². The molecule has 2 N–H and O–H groups in total. The van der Waals surface area contributed by atoms with Crippen LogP contribution in [-0.2, 0) is 4.79 Å². The third-order valence-electron chi connectivity index (χ3n) is 4.36. The average Bonchev–Trinajstić information content (AvgIpc) is 3.33. The fraction of sp³-hybridized carbons (Fsp3) is 0.500. The van der Waals surface area contributed by atoms with E-state index in [2.05, 4.69) is 5.32 Å². The Kier molecular flexibility index (Phi) is 3.97. The summed E-state index contributed by atoms with van der Waals surface area (Å²) in [5, 5.41) is 12.7. The summed E-state index contributed by atoms with van der Waals surface area (Å²) in [4.78, 5) is 25.4. The van der Waals surface area contributed by atoms with Crippen molar-refractivity contribution in [2.24, 2.45) is 5.92 Å². The lowest BCUT2D eigenvalue weighted by molar-refractivity contribution is -0.132. The molecule has 7 heteroatoms. The first-order valence-corrected chi connectivity index (χ1v) is 7.61. The highest BCUT2D eigenvalue weighted by Crippen LogP contribution is 2.42. The van der Waals surface area contributed by atoms with Gasteiger partial charge in [-0.1, -0.05) is 12.1 Å². The normalized spacial score (nSPS) is 25.4. The van der Waals surface area contributed by atoms with Crippen LogP contribution in [0.15, 0.2) is 24.3 Å². The number of nitrogens with zero attached hydrogens (tertiary/aromatic N) is 1. The topological polar surface area (TPSA) is 78.9 Å². The number of ether oxygens (including phenoxy) is 1. The molecule has 1 aromatic carbocycles. The van der Waals surface area contributed by atoms with Gasteiger partial charge in [0, 0.05) is 0 Å². The van der Waals surface area contributed by atoms with Gasteiger partial charge in [-0.2, -0.15) is 0 Å². The zero-order valence-electron chi connectivity index (χ0n) is 12.8. The summed E-state index contributed by atoms with van der Waals surface area (Å²) in [6.07, 6.45) is 0.732. The Morgan fingerprint density at radius 3 is 2.78 bits per heavy atom. The second-order valence-corrected chi connectivity index (χ2v) is 6.22. The Hall–Kier alpha value is -2.15. The molecule has 1 saturated carbocycles. The van der Waals surface area contributed by atoms with Crippen molar-refractivity contribution >= 4 is 11.9 Å². The number of rotatable bonds is 6. The number of β-amino-alcohol motifs (C(OH)–C–C–N with tert-alkyl or cyclic N) is 1. The van der Waals surface area contributed by atoms with Crippen LogP contribution in [-0.4, -0.2) is 46.7 Å². The van der Waals surface area contributed by atoms with Crippen molar-refractivity contribution in [2.75, 3.05) is 13.2 Å². The number of nitrogens with one attached hydrogen (secondary N) is 1. The number of urea groups is 1. The Labute approximate surface area is 133 Å². The number of aliphatic hydroxyl groups is 1. The minimum Gasteiger partial charge on any atom is -0.488 e. The number of carbonyl (C=O) groups is 2. The highest BCUT2D eigenvalue weighted by Gasteiger charge is 2.56. The number of hydrogen-bond donors (Lipinski definition) is 2. The second-order valence-electron chi connectivity index (χ2n) is 6.22. The lowest BCUT2D eigenvalue weighted by Gasteiger charge is -2.22. The van der Waals surface area contributed by atoms with Gasteiger partial charge in [0.2, 0.25) is 0 Å². The largest absolute Gasteiger partial charge is 0.488 e. The summed E-state index contributed by atoms with van der Waals surface area (Å²) >= 11 is 0. The first-order chi connectivity index (χ1) is 10.9. The van der Waals surface area contributed by atoms with Gasteiger partial charge in [-0.25, -0.2) is 9.18 Å². The lowest BCUT2D eigenvalue weighted by Crippen LogP contribution is -2.46. The fourth-order valence-electron chi connectivity index (χ4n) is 2.83. The summed E-state index contributed by atoms with van der Waals surface area (Å²) in [5.74, 6) is -0.673. The molecule has 124 valence electrons. The van der Waals surface area contributed by atoms with E-state index < -0.39 is 23.5 Å². The van der Waals surface area contributed by atoms with Gasteiger partial charge >= 0.3 is 6.03 Å². The van der Waals surface area contributed by atoms with Gasteiger partial charge in [-0.15, -0.1) is 0 Å². The van der Waals surface area contributed by atoms with Crippen molar-refractivity contribution in [3.63, 3.8) is 0 Å². The van der Waals surface area contributed by atoms with Gasteiger partial charge in [0.15, 0.2) is 11.6 Å². The third kappa shape index (κ3) is 3.01. The Bertz CT molecular complexity index is 634. The number of hydrogen-bond acceptors (Lipinski definition) is 4. The predicted octanol–water partition coefficient (Wildman–Crippen LogP) is 1.29. The molecule has 1 aromatic rings. The maximum atomic E-state index is 13.4. The predicted molar refractivity (Wildman–Crippen MR) is 79.3 cm³/mol. The van der Waals surface area contributed by atoms with Gasteiger partial charge in [0.1, 0.15) is 18.2 Å². The summed E-state index contributed by atoms with van der Waals surface area (Å²) in [6.45, 7) is 1.33. The van der Waals surface area contributed by atoms with E-state index in [9.17, 15) is 19.1 Å². The molecule has 2 atom stereocenters. The molecule has 2 aliphatic rings. The standard InChI is InChI=1S/C16H19FN2O4/c1-16(10-6-7-10)14(21)19(15(22)18-16)8-11(20)9-23-13-5-3-2-4-12(13)17/h2-5,10-11,20H,6-9H2,1H3,(H,18,22)/t11-,16-/m0/s1. The second kappa shape index (κ2) is 5.81. The molecule has 1 aliphatic carbocycles. The van der Waals surface area contributed by atoms with Gasteiger partial charge in [0.25, 0.3) is 5.91 Å². The zero-order valence-corrected chi connectivity index (χ0v) is 12.8. The molecular weight excluding hydrogens is 303 g/mol. The van der Waals surface area contributed by atoms with E-state index in [1.807, 2.05) is 0 Å². The molecule has 6 nitrogen and oxygen atoms in total. The Morgan fingerprint density at radius 2 is 2.13 bits per heavy atom. The van der Waals surface area contributed by atoms with Crippen molar-refractivity contribution in [1.29, 1.82) is 0 Å². The number of benzene rings is 1.